The van der Waals surface area contributed by atoms with E-state index in [4.69, 9.17) is 5.11 Å². The monoisotopic (exact) mass is 256 g/mol. The molecule has 5 nitrogen and oxygen atoms in total. The van der Waals surface area contributed by atoms with E-state index < -0.39 is 5.97 Å². The van der Waals surface area contributed by atoms with Crippen molar-refractivity contribution in [2.75, 3.05) is 26.7 Å². The Morgan fingerprint density at radius 1 is 1.39 bits per heavy atom. The van der Waals surface area contributed by atoms with Gasteiger partial charge in [0.2, 0.25) is 5.91 Å². The molecule has 1 N–H and O–H groups in total. The molecule has 0 radical (unpaired) electrons. The maximum Gasteiger partial charge on any atom is 0.306 e. The van der Waals surface area contributed by atoms with E-state index in [1.165, 1.54) is 0 Å². The molecule has 1 rings (SSSR count). The van der Waals surface area contributed by atoms with Gasteiger partial charge in [-0.25, -0.2) is 0 Å². The number of piperidine rings is 1. The summed E-state index contributed by atoms with van der Waals surface area (Å²) >= 11 is 0. The Labute approximate surface area is 109 Å². The van der Waals surface area contributed by atoms with Gasteiger partial charge in [-0.1, -0.05) is 6.92 Å². The average Bonchev–Trinajstić information content (AvgIpc) is 2.37. The Balaban J connectivity index is 2.38. The average molecular weight is 256 g/mol. The van der Waals surface area contributed by atoms with Crippen LogP contribution in [-0.2, 0) is 9.59 Å². The number of likely N-dealkylation sites (tertiary alicyclic amines) is 1. The predicted octanol–water partition coefficient (Wildman–Crippen LogP) is 1.04. The van der Waals surface area contributed by atoms with Crippen molar-refractivity contribution in [3.8, 4) is 0 Å². The van der Waals surface area contributed by atoms with Crippen LogP contribution in [0.2, 0.25) is 0 Å². The number of rotatable bonds is 5. The number of carboxylic acid groups (broad SMARTS) is 1. The molecule has 5 heteroatoms. The highest BCUT2D eigenvalue weighted by atomic mass is 16.4. The molecule has 1 heterocycles. The van der Waals surface area contributed by atoms with Gasteiger partial charge in [-0.3, -0.25) is 14.5 Å². The smallest absolute Gasteiger partial charge is 0.306 e. The largest absolute Gasteiger partial charge is 0.481 e. The van der Waals surface area contributed by atoms with Crippen LogP contribution in [0.15, 0.2) is 0 Å². The van der Waals surface area contributed by atoms with Gasteiger partial charge in [-0.05, 0) is 33.2 Å². The highest BCUT2D eigenvalue weighted by Gasteiger charge is 2.27. The SMILES string of the molecule is CCC(C)N(C)CC(=O)N1CCC(C(=O)O)CC1. The molecule has 0 aromatic rings. The quantitative estimate of drug-likeness (QED) is 0.798. The molecule has 0 saturated carbocycles. The molecule has 1 aliphatic heterocycles. The molecule has 0 bridgehead atoms. The van der Waals surface area contributed by atoms with Crippen molar-refractivity contribution in [3.05, 3.63) is 0 Å². The zero-order valence-electron chi connectivity index (χ0n) is 11.6. The van der Waals surface area contributed by atoms with Gasteiger partial charge in [0.05, 0.1) is 12.5 Å². The molecule has 104 valence electrons. The van der Waals surface area contributed by atoms with E-state index in [1.807, 2.05) is 11.9 Å². The number of nitrogens with zero attached hydrogens (tertiary/aromatic N) is 2. The number of hydrogen-bond donors (Lipinski definition) is 1. The Morgan fingerprint density at radius 2 is 1.94 bits per heavy atom. The minimum absolute atomic E-state index is 0.113. The zero-order valence-corrected chi connectivity index (χ0v) is 11.6. The van der Waals surface area contributed by atoms with Gasteiger partial charge < -0.3 is 10.0 Å². The summed E-state index contributed by atoms with van der Waals surface area (Å²) in [4.78, 5) is 26.7. The lowest BCUT2D eigenvalue weighted by molar-refractivity contribution is -0.146. The van der Waals surface area contributed by atoms with Crippen LogP contribution in [0.1, 0.15) is 33.1 Å². The van der Waals surface area contributed by atoms with Gasteiger partial charge in [0, 0.05) is 19.1 Å². The van der Waals surface area contributed by atoms with E-state index in [0.29, 0.717) is 38.5 Å². The van der Waals surface area contributed by atoms with Crippen molar-refractivity contribution < 1.29 is 14.7 Å². The summed E-state index contributed by atoms with van der Waals surface area (Å²) in [6.45, 7) is 5.77. The van der Waals surface area contributed by atoms with Gasteiger partial charge in [0.15, 0.2) is 0 Å². The first-order valence-electron chi connectivity index (χ1n) is 6.66. The number of amides is 1. The second kappa shape index (κ2) is 6.73. The van der Waals surface area contributed by atoms with Crippen molar-refractivity contribution >= 4 is 11.9 Å². The molecular weight excluding hydrogens is 232 g/mol. The maximum absolute atomic E-state index is 12.0. The summed E-state index contributed by atoms with van der Waals surface area (Å²) in [6.07, 6.45) is 2.17. The predicted molar refractivity (Wildman–Crippen MR) is 69.3 cm³/mol. The fraction of sp³-hybridized carbons (Fsp3) is 0.846. The van der Waals surface area contributed by atoms with Crippen molar-refractivity contribution in [2.24, 2.45) is 5.92 Å². The first-order valence-corrected chi connectivity index (χ1v) is 6.66. The molecule has 0 aromatic carbocycles. The van der Waals surface area contributed by atoms with E-state index in [0.717, 1.165) is 6.42 Å². The number of carboxylic acids is 1. The van der Waals surface area contributed by atoms with Gasteiger partial charge >= 0.3 is 5.97 Å². The van der Waals surface area contributed by atoms with E-state index in [-0.39, 0.29) is 11.8 Å². The molecule has 0 spiro atoms. The lowest BCUT2D eigenvalue weighted by Gasteiger charge is -2.32. The second-order valence-electron chi connectivity index (χ2n) is 5.17. The first kappa shape index (κ1) is 15.0. The van der Waals surface area contributed by atoms with Crippen LogP contribution >= 0.6 is 0 Å². The molecule has 1 unspecified atom stereocenters. The van der Waals surface area contributed by atoms with Gasteiger partial charge in [0.25, 0.3) is 0 Å². The van der Waals surface area contributed by atoms with Crippen LogP contribution in [0.4, 0.5) is 0 Å². The van der Waals surface area contributed by atoms with E-state index in [2.05, 4.69) is 13.8 Å². The molecule has 1 amide bonds. The highest BCUT2D eigenvalue weighted by molar-refractivity contribution is 5.79. The third kappa shape index (κ3) is 3.98. The third-order valence-corrected chi connectivity index (χ3v) is 3.92. The molecule has 1 atom stereocenters. The van der Waals surface area contributed by atoms with E-state index >= 15 is 0 Å². The van der Waals surface area contributed by atoms with E-state index in [1.54, 1.807) is 4.90 Å². The minimum Gasteiger partial charge on any atom is -0.481 e. The first-order chi connectivity index (χ1) is 8.45. The molecule has 1 aliphatic rings. The lowest BCUT2D eigenvalue weighted by Crippen LogP contribution is -2.45. The summed E-state index contributed by atoms with van der Waals surface area (Å²) in [7, 11) is 1.95. The summed E-state index contributed by atoms with van der Waals surface area (Å²) in [5.74, 6) is -0.901. The van der Waals surface area contributed by atoms with Crippen LogP contribution in [0.5, 0.6) is 0 Å². The number of aliphatic carboxylic acids is 1. The summed E-state index contributed by atoms with van der Waals surface area (Å²) < 4.78 is 0. The van der Waals surface area contributed by atoms with Gasteiger partial charge in [-0.2, -0.15) is 0 Å². The zero-order chi connectivity index (χ0) is 13.7. The maximum atomic E-state index is 12.0. The molecule has 0 aliphatic carbocycles. The van der Waals surface area contributed by atoms with Crippen molar-refractivity contribution in [1.82, 2.24) is 9.80 Å². The second-order valence-corrected chi connectivity index (χ2v) is 5.17. The van der Waals surface area contributed by atoms with E-state index in [9.17, 15) is 9.59 Å². The fourth-order valence-corrected chi connectivity index (χ4v) is 2.16. The van der Waals surface area contributed by atoms with Crippen LogP contribution in [0.25, 0.3) is 0 Å². The Morgan fingerprint density at radius 3 is 2.39 bits per heavy atom. The lowest BCUT2D eigenvalue weighted by atomic mass is 9.97. The Hall–Kier alpha value is -1.10. The van der Waals surface area contributed by atoms with Crippen molar-refractivity contribution in [2.45, 2.75) is 39.2 Å². The molecule has 18 heavy (non-hydrogen) atoms. The summed E-state index contributed by atoms with van der Waals surface area (Å²) in [5.41, 5.74) is 0. The molecule has 1 saturated heterocycles. The third-order valence-electron chi connectivity index (χ3n) is 3.92. The standard InChI is InChI=1S/C13H24N2O3/c1-4-10(2)14(3)9-12(16)15-7-5-11(6-8-15)13(17)18/h10-11H,4-9H2,1-3H3,(H,17,18). The van der Waals surface area contributed by atoms with Crippen LogP contribution in [-0.4, -0.2) is 59.5 Å². The van der Waals surface area contributed by atoms with Gasteiger partial charge in [0.1, 0.15) is 0 Å². The minimum atomic E-state index is -0.737. The topological polar surface area (TPSA) is 60.9 Å². The van der Waals surface area contributed by atoms with Crippen molar-refractivity contribution in [1.29, 1.82) is 0 Å². The number of hydrogen-bond acceptors (Lipinski definition) is 3. The number of carbonyl (C=O) groups excluding carboxylic acids is 1. The van der Waals surface area contributed by atoms with Crippen LogP contribution in [0, 0.1) is 5.92 Å². The number of carbonyl (C=O) groups is 2. The normalized spacial score (nSPS) is 19.0. The summed E-state index contributed by atoms with van der Waals surface area (Å²) in [5, 5.41) is 8.90. The number of likely N-dealkylation sites (N-methyl/N-ethyl adjacent to an activating group) is 1. The Bertz CT molecular complexity index is 299. The highest BCUT2D eigenvalue weighted by Crippen LogP contribution is 2.17. The van der Waals surface area contributed by atoms with Crippen molar-refractivity contribution in [3.63, 3.8) is 0 Å². The molecule has 0 aromatic heterocycles. The fourth-order valence-electron chi connectivity index (χ4n) is 2.16. The summed E-state index contributed by atoms with van der Waals surface area (Å²) in [6, 6.07) is 0.394. The van der Waals surface area contributed by atoms with Gasteiger partial charge in [-0.15, -0.1) is 0 Å². The molecule has 1 fully saturated rings. The molecular formula is C13H24N2O3. The van der Waals surface area contributed by atoms with Crippen LogP contribution < -0.4 is 0 Å². The van der Waals surface area contributed by atoms with Crippen LogP contribution in [0.3, 0.4) is 0 Å². The Kier molecular flexibility index (Phi) is 5.59.